The summed E-state index contributed by atoms with van der Waals surface area (Å²) in [7, 11) is 0. The second-order valence-electron chi connectivity index (χ2n) is 3.71. The van der Waals surface area contributed by atoms with Crippen molar-refractivity contribution in [2.45, 2.75) is 6.36 Å². The van der Waals surface area contributed by atoms with Gasteiger partial charge in [-0.25, -0.2) is 4.39 Å². The molecule has 2 aromatic rings. The number of alkyl halides is 3. The van der Waals surface area contributed by atoms with Gasteiger partial charge in [0.05, 0.1) is 0 Å². The molecule has 0 radical (unpaired) electrons. The highest BCUT2D eigenvalue weighted by Crippen LogP contribution is 2.37. The Morgan fingerprint density at radius 1 is 0.947 bits per heavy atom. The first-order valence-corrected chi connectivity index (χ1v) is 5.20. The summed E-state index contributed by atoms with van der Waals surface area (Å²) < 4.78 is 54.2. The molecule has 0 aliphatic rings. The minimum atomic E-state index is -4.92. The van der Waals surface area contributed by atoms with Crippen molar-refractivity contribution in [2.24, 2.45) is 0 Å². The number of ether oxygens (including phenoxy) is 1. The number of hydrogen-bond acceptors (Lipinski definition) is 2. The Kier molecular flexibility index (Phi) is 3.33. The van der Waals surface area contributed by atoms with Crippen molar-refractivity contribution in [2.75, 3.05) is 0 Å². The lowest BCUT2D eigenvalue weighted by atomic mass is 10.0. The van der Waals surface area contributed by atoms with E-state index in [0.29, 0.717) is 0 Å². The van der Waals surface area contributed by atoms with E-state index in [2.05, 4.69) is 4.74 Å². The molecule has 0 fully saturated rings. The Morgan fingerprint density at radius 2 is 1.63 bits per heavy atom. The molecule has 6 heteroatoms. The van der Waals surface area contributed by atoms with Crippen LogP contribution in [0, 0.1) is 5.82 Å². The summed E-state index contributed by atoms with van der Waals surface area (Å²) in [6.45, 7) is 0. The molecule has 0 spiro atoms. The number of benzene rings is 2. The number of aromatic hydroxyl groups is 1. The van der Waals surface area contributed by atoms with Gasteiger partial charge in [0.2, 0.25) is 0 Å². The van der Waals surface area contributed by atoms with E-state index in [4.69, 9.17) is 0 Å². The first kappa shape index (κ1) is 13.2. The Labute approximate surface area is 105 Å². The lowest BCUT2D eigenvalue weighted by molar-refractivity contribution is -0.274. The molecule has 2 aromatic carbocycles. The van der Waals surface area contributed by atoms with Gasteiger partial charge in [-0.1, -0.05) is 18.2 Å². The van der Waals surface area contributed by atoms with Crippen LogP contribution < -0.4 is 4.74 Å². The highest BCUT2D eigenvalue weighted by atomic mass is 19.4. The number of hydrogen-bond donors (Lipinski definition) is 1. The van der Waals surface area contributed by atoms with Crippen LogP contribution in [0.15, 0.2) is 42.5 Å². The molecule has 0 aromatic heterocycles. The smallest absolute Gasteiger partial charge is 0.508 e. The summed E-state index contributed by atoms with van der Waals surface area (Å²) in [4.78, 5) is 0. The van der Waals surface area contributed by atoms with Crippen LogP contribution in [0.5, 0.6) is 11.5 Å². The lowest BCUT2D eigenvalue weighted by Gasteiger charge is -2.14. The monoisotopic (exact) mass is 272 g/mol. The first-order valence-electron chi connectivity index (χ1n) is 5.20. The van der Waals surface area contributed by atoms with Crippen molar-refractivity contribution in [3.63, 3.8) is 0 Å². The van der Waals surface area contributed by atoms with Crippen molar-refractivity contribution in [1.29, 1.82) is 0 Å². The van der Waals surface area contributed by atoms with Crippen LogP contribution in [-0.4, -0.2) is 11.5 Å². The molecular formula is C13H8F4O2. The highest BCUT2D eigenvalue weighted by molar-refractivity contribution is 5.72. The molecule has 2 rings (SSSR count). The van der Waals surface area contributed by atoms with Crippen LogP contribution in [0.3, 0.4) is 0 Å². The van der Waals surface area contributed by atoms with Crippen LogP contribution in [0.1, 0.15) is 0 Å². The van der Waals surface area contributed by atoms with Gasteiger partial charge in [-0.15, -0.1) is 13.2 Å². The van der Waals surface area contributed by atoms with E-state index in [0.717, 1.165) is 24.3 Å². The van der Waals surface area contributed by atoms with Crippen LogP contribution in [0.4, 0.5) is 17.6 Å². The first-order chi connectivity index (χ1) is 8.87. The molecule has 0 aliphatic heterocycles. The van der Waals surface area contributed by atoms with Gasteiger partial charge >= 0.3 is 6.36 Å². The molecule has 0 heterocycles. The maximum absolute atomic E-state index is 13.6. The van der Waals surface area contributed by atoms with Gasteiger partial charge in [-0.2, -0.15) is 0 Å². The third-order valence-corrected chi connectivity index (χ3v) is 2.35. The molecule has 0 amide bonds. The van der Waals surface area contributed by atoms with E-state index in [1.54, 1.807) is 0 Å². The molecule has 1 N–H and O–H groups in total. The van der Waals surface area contributed by atoms with Crippen LogP contribution in [0.25, 0.3) is 11.1 Å². The van der Waals surface area contributed by atoms with Crippen molar-refractivity contribution in [3.8, 4) is 22.6 Å². The summed E-state index contributed by atoms with van der Waals surface area (Å²) >= 11 is 0. The van der Waals surface area contributed by atoms with E-state index in [1.165, 1.54) is 18.2 Å². The molecule has 0 unspecified atom stereocenters. The molecule has 0 saturated heterocycles. The lowest BCUT2D eigenvalue weighted by Crippen LogP contribution is -2.17. The van der Waals surface area contributed by atoms with Crippen LogP contribution in [0.2, 0.25) is 0 Å². The van der Waals surface area contributed by atoms with Gasteiger partial charge in [-0.05, 0) is 18.2 Å². The summed E-state index contributed by atoms with van der Waals surface area (Å²) in [5.74, 6) is -1.74. The Balaban J connectivity index is 2.54. The second-order valence-corrected chi connectivity index (χ2v) is 3.71. The van der Waals surface area contributed by atoms with Gasteiger partial charge in [0.25, 0.3) is 0 Å². The van der Waals surface area contributed by atoms with E-state index < -0.39 is 23.7 Å². The maximum atomic E-state index is 13.6. The van der Waals surface area contributed by atoms with Crippen molar-refractivity contribution < 1.29 is 27.4 Å². The fraction of sp³-hybridized carbons (Fsp3) is 0.0769. The van der Waals surface area contributed by atoms with Crippen LogP contribution in [-0.2, 0) is 0 Å². The van der Waals surface area contributed by atoms with Crippen molar-refractivity contribution in [3.05, 3.63) is 48.3 Å². The maximum Gasteiger partial charge on any atom is 0.573 e. The predicted octanol–water partition coefficient (Wildman–Crippen LogP) is 4.10. The molecule has 0 atom stereocenters. The molecular weight excluding hydrogens is 264 g/mol. The van der Waals surface area contributed by atoms with Crippen molar-refractivity contribution >= 4 is 0 Å². The zero-order valence-electron chi connectivity index (χ0n) is 9.41. The molecule has 100 valence electrons. The highest BCUT2D eigenvalue weighted by Gasteiger charge is 2.32. The third kappa shape index (κ3) is 3.15. The van der Waals surface area contributed by atoms with Gasteiger partial charge in [0, 0.05) is 17.2 Å². The quantitative estimate of drug-likeness (QED) is 0.834. The average molecular weight is 272 g/mol. The fourth-order valence-electron chi connectivity index (χ4n) is 1.62. The van der Waals surface area contributed by atoms with Gasteiger partial charge in [0.1, 0.15) is 17.3 Å². The molecule has 0 saturated carbocycles. The summed E-state index contributed by atoms with van der Waals surface area (Å²) in [6, 6.07) is 8.46. The average Bonchev–Trinajstić information content (AvgIpc) is 2.28. The topological polar surface area (TPSA) is 29.5 Å². The van der Waals surface area contributed by atoms with Gasteiger partial charge < -0.3 is 9.84 Å². The Bertz CT molecular complexity index is 593. The standard InChI is InChI=1S/C13H8F4O2/c14-11-4-2-1-3-9(11)10-6-5-8(18)7-12(10)19-13(15,16)17/h1-7,18H. The normalized spacial score (nSPS) is 11.4. The molecule has 0 aliphatic carbocycles. The van der Waals surface area contributed by atoms with Crippen LogP contribution >= 0.6 is 0 Å². The summed E-state index contributed by atoms with van der Waals surface area (Å²) in [5.41, 5.74) is -0.130. The van der Waals surface area contributed by atoms with Crippen molar-refractivity contribution in [1.82, 2.24) is 0 Å². The van der Waals surface area contributed by atoms with E-state index in [-0.39, 0.29) is 11.1 Å². The Hall–Kier alpha value is -2.24. The molecule has 2 nitrogen and oxygen atoms in total. The van der Waals surface area contributed by atoms with E-state index >= 15 is 0 Å². The second kappa shape index (κ2) is 4.79. The van der Waals surface area contributed by atoms with Gasteiger partial charge in [-0.3, -0.25) is 0 Å². The number of rotatable bonds is 2. The summed E-state index contributed by atoms with van der Waals surface area (Å²) in [6.07, 6.45) is -4.92. The summed E-state index contributed by atoms with van der Waals surface area (Å²) in [5, 5.41) is 9.21. The van der Waals surface area contributed by atoms with Gasteiger partial charge in [0.15, 0.2) is 0 Å². The number of halogens is 4. The minimum absolute atomic E-state index is 0.0400. The van der Waals surface area contributed by atoms with E-state index in [1.807, 2.05) is 0 Å². The zero-order chi connectivity index (χ0) is 14.0. The molecule has 0 bridgehead atoms. The SMILES string of the molecule is Oc1ccc(-c2ccccc2F)c(OC(F)(F)F)c1. The Morgan fingerprint density at radius 3 is 2.26 bits per heavy atom. The third-order valence-electron chi connectivity index (χ3n) is 2.35. The van der Waals surface area contributed by atoms with E-state index in [9.17, 15) is 22.7 Å². The number of phenolic OH excluding ortho intramolecular Hbond substituents is 1. The predicted molar refractivity (Wildman–Crippen MR) is 60.2 cm³/mol. The largest absolute Gasteiger partial charge is 0.573 e. The fourth-order valence-corrected chi connectivity index (χ4v) is 1.62. The zero-order valence-corrected chi connectivity index (χ0v) is 9.41. The molecule has 19 heavy (non-hydrogen) atoms. The number of phenols is 1. The minimum Gasteiger partial charge on any atom is -0.508 e.